The maximum absolute atomic E-state index is 3.61. The van der Waals surface area contributed by atoms with Crippen molar-refractivity contribution in [3.05, 3.63) is 35.4 Å². The predicted molar refractivity (Wildman–Crippen MR) is 72.4 cm³/mol. The van der Waals surface area contributed by atoms with Gasteiger partial charge in [0, 0.05) is 0 Å². The van der Waals surface area contributed by atoms with E-state index in [-0.39, 0.29) is 6.97 Å². The summed E-state index contributed by atoms with van der Waals surface area (Å²) in [5, 5.41) is 0. The van der Waals surface area contributed by atoms with Crippen molar-refractivity contribution in [3.8, 4) is 0 Å². The van der Waals surface area contributed by atoms with Crippen LogP contribution in [0, 0.1) is 6.92 Å². The quantitative estimate of drug-likeness (QED) is 0.570. The van der Waals surface area contributed by atoms with Gasteiger partial charge < -0.3 is 0 Å². The zero-order valence-corrected chi connectivity index (χ0v) is 13.2. The topological polar surface area (TPSA) is 0 Å². The lowest BCUT2D eigenvalue weighted by atomic mass is 10.1. The van der Waals surface area contributed by atoms with E-state index in [2.05, 4.69) is 88.8 Å². The van der Waals surface area contributed by atoms with Gasteiger partial charge in [-0.3, -0.25) is 0 Å². The second-order valence-corrected chi connectivity index (χ2v) is 9.42. The second kappa shape index (κ2) is 4.77. The van der Waals surface area contributed by atoms with Gasteiger partial charge in [0.15, 0.2) is 0 Å². The summed E-state index contributed by atoms with van der Waals surface area (Å²) in [6.45, 7) is 2.08. The number of halogens is 4. The van der Waals surface area contributed by atoms with Gasteiger partial charge in [-0.2, -0.15) is 0 Å². The third kappa shape index (κ3) is 3.05. The summed E-state index contributed by atoms with van der Waals surface area (Å²) in [7, 11) is 0. The minimum Gasteiger partial charge on any atom is -0.0736 e. The van der Waals surface area contributed by atoms with Gasteiger partial charge >= 0.3 is 0 Å². The minimum atomic E-state index is -0.258. The molecule has 0 aliphatic carbocycles. The van der Waals surface area contributed by atoms with Crippen molar-refractivity contribution in [2.24, 2.45) is 0 Å². The van der Waals surface area contributed by atoms with Gasteiger partial charge in [-0.15, -0.1) is 0 Å². The molecule has 4 heteroatoms. The summed E-state index contributed by atoms with van der Waals surface area (Å²) in [5.41, 5.74) is 2.44. The zero-order valence-electron chi connectivity index (χ0n) is 6.90. The molecule has 0 amide bonds. The molecule has 0 spiro atoms. The molecular formula is C9H8Br4. The molecule has 0 radical (unpaired) electrons. The lowest BCUT2D eigenvalue weighted by molar-refractivity contribution is 1.05. The minimum absolute atomic E-state index is 0.134. The zero-order chi connectivity index (χ0) is 10.1. The van der Waals surface area contributed by atoms with E-state index in [1.807, 2.05) is 6.07 Å². The summed E-state index contributed by atoms with van der Waals surface area (Å²) in [4.78, 5) is 0. The van der Waals surface area contributed by atoms with Crippen LogP contribution >= 0.6 is 63.7 Å². The Morgan fingerprint density at radius 1 is 1.23 bits per heavy atom. The molecule has 1 rings (SSSR count). The van der Waals surface area contributed by atoms with Crippen LogP contribution in [-0.2, 0) is 3.23 Å². The van der Waals surface area contributed by atoms with Gasteiger partial charge in [0.25, 0.3) is 0 Å². The Morgan fingerprint density at radius 2 is 1.85 bits per heavy atom. The Hall–Kier alpha value is 1.14. The number of aryl methyl sites for hydroxylation is 1. The molecule has 0 saturated heterocycles. The van der Waals surface area contributed by atoms with Gasteiger partial charge in [-0.1, -0.05) is 93.5 Å². The van der Waals surface area contributed by atoms with E-state index >= 15 is 0 Å². The molecule has 0 heterocycles. The number of hydrogen-bond acceptors (Lipinski definition) is 0. The molecule has 0 aliphatic rings. The molecule has 72 valence electrons. The fourth-order valence-corrected chi connectivity index (χ4v) is 2.00. The van der Waals surface area contributed by atoms with Crippen molar-refractivity contribution >= 4 is 63.7 Å². The molecule has 0 saturated carbocycles. The van der Waals surface area contributed by atoms with Crippen molar-refractivity contribution in [1.29, 1.82) is 0 Å². The van der Waals surface area contributed by atoms with Crippen LogP contribution in [0.3, 0.4) is 0 Å². The smallest absolute Gasteiger partial charge is 0.0736 e. The monoisotopic (exact) mass is 432 g/mol. The largest absolute Gasteiger partial charge is 0.127 e. The summed E-state index contributed by atoms with van der Waals surface area (Å²) in [5.74, 6) is 0. The van der Waals surface area contributed by atoms with E-state index in [1.54, 1.807) is 0 Å². The second-order valence-electron chi connectivity index (χ2n) is 2.79. The van der Waals surface area contributed by atoms with Crippen LogP contribution in [0.1, 0.15) is 11.1 Å². The maximum Gasteiger partial charge on any atom is 0.127 e. The highest BCUT2D eigenvalue weighted by Gasteiger charge is 2.31. The molecule has 0 fully saturated rings. The first-order valence-electron chi connectivity index (χ1n) is 3.67. The average molecular weight is 436 g/mol. The van der Waals surface area contributed by atoms with Crippen molar-refractivity contribution in [2.45, 2.75) is 13.9 Å². The molecule has 0 N–H and O–H groups in total. The lowest BCUT2D eigenvalue weighted by Crippen LogP contribution is -2.16. The van der Waals surface area contributed by atoms with E-state index in [4.69, 9.17) is 0 Å². The van der Waals surface area contributed by atoms with E-state index in [0.717, 1.165) is 0 Å². The first-order valence-corrected chi connectivity index (χ1v) is 7.09. The Labute approximate surface area is 112 Å². The van der Waals surface area contributed by atoms with Crippen LogP contribution < -0.4 is 0 Å². The fraction of sp³-hybridized carbons (Fsp3) is 0.333. The molecule has 0 aliphatic heterocycles. The van der Waals surface area contributed by atoms with Crippen LogP contribution in [0.2, 0.25) is 0 Å². The Morgan fingerprint density at radius 3 is 2.31 bits per heavy atom. The lowest BCUT2D eigenvalue weighted by Gasteiger charge is -2.23. The van der Waals surface area contributed by atoms with Gasteiger partial charge in [-0.05, 0) is 12.5 Å². The molecule has 13 heavy (non-hydrogen) atoms. The van der Waals surface area contributed by atoms with Crippen molar-refractivity contribution in [2.75, 3.05) is 0 Å². The predicted octanol–water partition coefficient (Wildman–Crippen LogP) is 5.05. The summed E-state index contributed by atoms with van der Waals surface area (Å²) >= 11 is 14.2. The molecule has 0 nitrogen and oxygen atoms in total. The SMILES string of the molecule is Cc1cccc(C(Br)(Br)C(Br)Br)c1. The first-order chi connectivity index (χ1) is 5.94. The van der Waals surface area contributed by atoms with E-state index in [9.17, 15) is 0 Å². The Balaban J connectivity index is 3.07. The van der Waals surface area contributed by atoms with Gasteiger partial charge in [0.05, 0.1) is 3.74 Å². The summed E-state index contributed by atoms with van der Waals surface area (Å²) in [6, 6.07) is 8.34. The average Bonchev–Trinajstić information content (AvgIpc) is 2.04. The number of benzene rings is 1. The fourth-order valence-electron chi connectivity index (χ4n) is 0.978. The standard InChI is InChI=1S/C9H8Br4/c1-6-3-2-4-7(5-6)9(12,13)8(10)11/h2-5,8H,1H3. The molecule has 0 unspecified atom stereocenters. The highest BCUT2D eigenvalue weighted by molar-refractivity contribution is 9.29. The van der Waals surface area contributed by atoms with Crippen LogP contribution in [0.5, 0.6) is 0 Å². The van der Waals surface area contributed by atoms with Crippen LogP contribution in [-0.4, -0.2) is 3.74 Å². The highest BCUT2D eigenvalue weighted by Crippen LogP contribution is 2.47. The van der Waals surface area contributed by atoms with Crippen molar-refractivity contribution < 1.29 is 0 Å². The van der Waals surface area contributed by atoms with Crippen LogP contribution in [0.4, 0.5) is 0 Å². The van der Waals surface area contributed by atoms with E-state index in [0.29, 0.717) is 0 Å². The normalized spacial score (nSPS) is 12.2. The molecule has 0 bridgehead atoms. The van der Waals surface area contributed by atoms with Crippen molar-refractivity contribution in [3.63, 3.8) is 0 Å². The summed E-state index contributed by atoms with van der Waals surface area (Å²) in [6.07, 6.45) is 0. The van der Waals surface area contributed by atoms with E-state index in [1.165, 1.54) is 11.1 Å². The molecule has 1 aromatic carbocycles. The third-order valence-electron chi connectivity index (χ3n) is 1.68. The summed E-state index contributed by atoms with van der Waals surface area (Å²) < 4.78 is -0.124. The van der Waals surface area contributed by atoms with Crippen molar-refractivity contribution in [1.82, 2.24) is 0 Å². The Bertz CT molecular complexity index is 293. The number of hydrogen-bond donors (Lipinski definition) is 0. The molecule has 0 aromatic heterocycles. The van der Waals surface area contributed by atoms with Gasteiger partial charge in [-0.25, -0.2) is 0 Å². The first kappa shape index (κ1) is 12.2. The van der Waals surface area contributed by atoms with E-state index < -0.39 is 0 Å². The van der Waals surface area contributed by atoms with Crippen LogP contribution in [0.15, 0.2) is 24.3 Å². The molecular weight excluding hydrogens is 428 g/mol. The van der Waals surface area contributed by atoms with Crippen LogP contribution in [0.25, 0.3) is 0 Å². The third-order valence-corrected chi connectivity index (χ3v) is 7.34. The molecule has 1 aromatic rings. The van der Waals surface area contributed by atoms with Gasteiger partial charge in [0.2, 0.25) is 0 Å². The van der Waals surface area contributed by atoms with Gasteiger partial charge in [0.1, 0.15) is 3.23 Å². The maximum atomic E-state index is 3.61. The number of rotatable bonds is 2. The molecule has 0 atom stereocenters. The number of alkyl halides is 4. The highest BCUT2D eigenvalue weighted by atomic mass is 79.9. The Kier molecular flexibility index (Phi) is 4.48.